The van der Waals surface area contributed by atoms with Gasteiger partial charge in [-0.3, -0.25) is 9.69 Å². The van der Waals surface area contributed by atoms with Gasteiger partial charge in [-0.2, -0.15) is 13.2 Å². The third-order valence-corrected chi connectivity index (χ3v) is 6.69. The Morgan fingerprint density at radius 3 is 2.67 bits per heavy atom. The molecule has 0 atom stereocenters. The van der Waals surface area contributed by atoms with Gasteiger partial charge in [0.25, 0.3) is 5.91 Å². The van der Waals surface area contributed by atoms with Gasteiger partial charge < -0.3 is 20.7 Å². The van der Waals surface area contributed by atoms with Gasteiger partial charge in [0.1, 0.15) is 24.3 Å². The van der Waals surface area contributed by atoms with Gasteiger partial charge in [0, 0.05) is 55.4 Å². The van der Waals surface area contributed by atoms with Crippen LogP contribution in [0, 0.1) is 6.92 Å². The minimum atomic E-state index is -4.51. The number of carbonyl (C=O) groups is 1. The normalized spacial score (nSPS) is 13.9. The number of amides is 1. The molecule has 10 nitrogen and oxygen atoms in total. The summed E-state index contributed by atoms with van der Waals surface area (Å²) in [6.45, 7) is 6.72. The molecule has 0 spiro atoms. The van der Waals surface area contributed by atoms with Crippen molar-refractivity contribution in [3.05, 3.63) is 84.1 Å². The van der Waals surface area contributed by atoms with Crippen LogP contribution in [0.1, 0.15) is 21.5 Å². The van der Waals surface area contributed by atoms with E-state index in [0.29, 0.717) is 35.1 Å². The molecule has 0 radical (unpaired) electrons. The lowest BCUT2D eigenvalue weighted by molar-refractivity contribution is -0.137. The van der Waals surface area contributed by atoms with E-state index in [9.17, 15) is 18.0 Å². The third kappa shape index (κ3) is 7.36. The molecule has 0 aliphatic carbocycles. The number of aromatic nitrogens is 4. The van der Waals surface area contributed by atoms with Crippen LogP contribution in [0.25, 0.3) is 11.3 Å². The lowest BCUT2D eigenvalue weighted by atomic mass is 10.1. The Morgan fingerprint density at radius 1 is 1.02 bits per heavy atom. The van der Waals surface area contributed by atoms with Crippen molar-refractivity contribution >= 4 is 28.9 Å². The Hall–Kier alpha value is -4.62. The molecule has 2 aromatic carbocycles. The van der Waals surface area contributed by atoms with E-state index in [1.807, 2.05) is 13.0 Å². The van der Waals surface area contributed by atoms with E-state index in [0.717, 1.165) is 50.5 Å². The Morgan fingerprint density at radius 2 is 1.86 bits per heavy atom. The first kappa shape index (κ1) is 28.9. The minimum Gasteiger partial charge on any atom is -0.379 e. The lowest BCUT2D eigenvalue weighted by Gasteiger charge is -2.26. The van der Waals surface area contributed by atoms with Crippen LogP contribution >= 0.6 is 0 Å². The van der Waals surface area contributed by atoms with Gasteiger partial charge in [0.2, 0.25) is 0 Å². The topological polar surface area (TPSA) is 117 Å². The Balaban J connectivity index is 1.30. The van der Waals surface area contributed by atoms with Crippen molar-refractivity contribution in [2.75, 3.05) is 55.3 Å². The second-order valence-electron chi connectivity index (χ2n) is 9.64. The zero-order valence-corrected chi connectivity index (χ0v) is 22.8. The molecule has 1 amide bonds. The number of rotatable bonds is 9. The Kier molecular flexibility index (Phi) is 8.88. The number of anilines is 4. The van der Waals surface area contributed by atoms with Crippen LogP contribution in [0.4, 0.5) is 36.2 Å². The second kappa shape index (κ2) is 12.9. The molecule has 3 heterocycles. The molecule has 218 valence electrons. The molecule has 1 fully saturated rings. The zero-order valence-electron chi connectivity index (χ0n) is 22.8. The number of alkyl halides is 3. The average molecular weight is 579 g/mol. The largest absolute Gasteiger partial charge is 0.416 e. The van der Waals surface area contributed by atoms with Gasteiger partial charge in [0.15, 0.2) is 0 Å². The Bertz CT molecular complexity index is 1540. The van der Waals surface area contributed by atoms with Gasteiger partial charge in [-0.1, -0.05) is 12.1 Å². The molecule has 1 aliphatic heterocycles. The van der Waals surface area contributed by atoms with Crippen LogP contribution < -0.4 is 16.0 Å². The lowest BCUT2D eigenvalue weighted by Crippen LogP contribution is -2.39. The van der Waals surface area contributed by atoms with Crippen molar-refractivity contribution in [2.24, 2.45) is 0 Å². The first-order valence-corrected chi connectivity index (χ1v) is 13.3. The van der Waals surface area contributed by atoms with Gasteiger partial charge in [-0.15, -0.1) is 0 Å². The first-order valence-electron chi connectivity index (χ1n) is 13.3. The fourth-order valence-corrected chi connectivity index (χ4v) is 4.39. The predicted octanol–water partition coefficient (Wildman–Crippen LogP) is 5.00. The molecular weight excluding hydrogens is 549 g/mol. The number of nitrogens with one attached hydrogen (secondary N) is 3. The van der Waals surface area contributed by atoms with Crippen LogP contribution in [0.2, 0.25) is 0 Å². The van der Waals surface area contributed by atoms with E-state index in [1.54, 1.807) is 24.4 Å². The molecule has 1 aliphatic rings. The van der Waals surface area contributed by atoms with Gasteiger partial charge in [-0.25, -0.2) is 19.9 Å². The number of aryl methyl sites for hydroxylation is 1. The maximum atomic E-state index is 13.1. The van der Waals surface area contributed by atoms with Gasteiger partial charge >= 0.3 is 6.18 Å². The summed E-state index contributed by atoms with van der Waals surface area (Å²) in [5.41, 5.74) is 2.08. The summed E-state index contributed by atoms with van der Waals surface area (Å²) >= 11 is 0. The summed E-state index contributed by atoms with van der Waals surface area (Å²) in [6.07, 6.45) is -0.0176. The first-order chi connectivity index (χ1) is 20.3. The smallest absolute Gasteiger partial charge is 0.379 e. The highest BCUT2D eigenvalue weighted by Gasteiger charge is 2.30. The molecule has 42 heavy (non-hydrogen) atoms. The number of morpholine rings is 1. The highest BCUT2D eigenvalue weighted by atomic mass is 19.4. The van der Waals surface area contributed by atoms with Gasteiger partial charge in [0.05, 0.1) is 30.0 Å². The minimum absolute atomic E-state index is 0.0427. The molecule has 4 aromatic rings. The highest BCUT2D eigenvalue weighted by molar-refractivity contribution is 6.05. The van der Waals surface area contributed by atoms with E-state index >= 15 is 0 Å². The number of benzene rings is 2. The van der Waals surface area contributed by atoms with Crippen molar-refractivity contribution in [3.8, 4) is 11.3 Å². The summed E-state index contributed by atoms with van der Waals surface area (Å²) in [5, 5.41) is 9.12. The maximum absolute atomic E-state index is 13.1. The summed E-state index contributed by atoms with van der Waals surface area (Å²) in [4.78, 5) is 32.5. The van der Waals surface area contributed by atoms with E-state index in [4.69, 9.17) is 4.74 Å². The van der Waals surface area contributed by atoms with E-state index < -0.39 is 17.6 Å². The van der Waals surface area contributed by atoms with Crippen molar-refractivity contribution in [2.45, 2.75) is 13.1 Å². The van der Waals surface area contributed by atoms with Crippen LogP contribution in [-0.2, 0) is 10.9 Å². The monoisotopic (exact) mass is 578 g/mol. The van der Waals surface area contributed by atoms with E-state index in [-0.39, 0.29) is 11.3 Å². The average Bonchev–Trinajstić information content (AvgIpc) is 2.99. The number of hydrogen-bond acceptors (Lipinski definition) is 9. The van der Waals surface area contributed by atoms with E-state index in [1.165, 1.54) is 24.8 Å². The second-order valence-corrected chi connectivity index (χ2v) is 9.64. The Labute approximate surface area is 240 Å². The molecule has 1 saturated heterocycles. The third-order valence-electron chi connectivity index (χ3n) is 6.69. The quantitative estimate of drug-likeness (QED) is 0.252. The van der Waals surface area contributed by atoms with Gasteiger partial charge in [-0.05, 0) is 42.8 Å². The molecule has 2 aromatic heterocycles. The van der Waals surface area contributed by atoms with Crippen molar-refractivity contribution in [1.29, 1.82) is 0 Å². The molecule has 0 bridgehead atoms. The summed E-state index contributed by atoms with van der Waals surface area (Å²) in [7, 11) is 0. The van der Waals surface area contributed by atoms with Crippen LogP contribution in [0.15, 0.2) is 67.4 Å². The summed E-state index contributed by atoms with van der Waals surface area (Å²) in [6, 6.07) is 11.3. The molecule has 3 N–H and O–H groups in total. The molecule has 13 heteroatoms. The van der Waals surface area contributed by atoms with Crippen LogP contribution in [-0.4, -0.2) is 70.1 Å². The molecule has 0 saturated carbocycles. The standard InChI is InChI=1S/C29H29F3N8O2/c1-19-5-6-20(28(41)38-22-4-2-3-21(14-22)29(30,31)32)13-24(19)39-27-23(16-33-17-37-27)25-15-26(36-18-35-25)34-7-8-40-9-11-42-12-10-40/h2-6,13-18H,7-12H2,1H3,(H,38,41)(H,33,37,39)(H,34,35,36). The number of ether oxygens (including phenoxy) is 1. The SMILES string of the molecule is Cc1ccc(C(=O)Nc2cccc(C(F)(F)F)c2)cc1Nc1ncncc1-c1cc(NCCN2CCOCC2)ncn1. The summed E-state index contributed by atoms with van der Waals surface area (Å²) in [5.74, 6) is 0.567. The predicted molar refractivity (Wildman–Crippen MR) is 153 cm³/mol. The number of carbonyl (C=O) groups excluding carboxylic acids is 1. The summed E-state index contributed by atoms with van der Waals surface area (Å²) < 4.78 is 44.7. The number of hydrogen-bond donors (Lipinski definition) is 3. The highest BCUT2D eigenvalue weighted by Crippen LogP contribution is 2.31. The maximum Gasteiger partial charge on any atom is 0.416 e. The zero-order chi connectivity index (χ0) is 29.5. The fraction of sp³-hybridized carbons (Fsp3) is 0.276. The number of halogens is 3. The van der Waals surface area contributed by atoms with Crippen molar-refractivity contribution < 1.29 is 22.7 Å². The molecular formula is C29H29F3N8O2. The fourth-order valence-electron chi connectivity index (χ4n) is 4.39. The van der Waals surface area contributed by atoms with E-state index in [2.05, 4.69) is 40.8 Å². The number of nitrogens with zero attached hydrogens (tertiary/aromatic N) is 5. The van der Waals surface area contributed by atoms with Crippen molar-refractivity contribution in [3.63, 3.8) is 0 Å². The molecule has 0 unspecified atom stereocenters. The van der Waals surface area contributed by atoms with Crippen LogP contribution in [0.3, 0.4) is 0 Å². The molecule has 5 rings (SSSR count). The van der Waals surface area contributed by atoms with Crippen molar-refractivity contribution in [1.82, 2.24) is 24.8 Å². The van der Waals surface area contributed by atoms with Crippen LogP contribution in [0.5, 0.6) is 0 Å².